The molecule has 1 aliphatic rings. The summed E-state index contributed by atoms with van der Waals surface area (Å²) in [6.45, 7) is 10.4. The molecule has 5 nitrogen and oxygen atoms in total. The monoisotopic (exact) mass is 274 g/mol. The molecule has 2 N–H and O–H groups in total. The van der Waals surface area contributed by atoms with Crippen LogP contribution in [-0.4, -0.2) is 74.8 Å². The van der Waals surface area contributed by atoms with Crippen LogP contribution in [0.3, 0.4) is 0 Å². The van der Waals surface area contributed by atoms with Crippen LogP contribution in [0.4, 0.5) is 0 Å². The Morgan fingerprint density at radius 2 is 1.89 bits per heavy atom. The Bertz CT molecular complexity index is 211. The van der Waals surface area contributed by atoms with E-state index >= 15 is 0 Å². The number of nitrogens with zero attached hydrogens (tertiary/aromatic N) is 1. The van der Waals surface area contributed by atoms with Crippen molar-refractivity contribution in [3.8, 4) is 0 Å². The van der Waals surface area contributed by atoms with E-state index < -0.39 is 6.10 Å². The summed E-state index contributed by atoms with van der Waals surface area (Å²) in [7, 11) is 0. The van der Waals surface area contributed by atoms with Crippen molar-refractivity contribution in [2.75, 3.05) is 52.6 Å². The molecule has 2 atom stereocenters. The summed E-state index contributed by atoms with van der Waals surface area (Å²) in [5.74, 6) is 0. The molecule has 1 heterocycles. The average molecular weight is 274 g/mol. The minimum Gasteiger partial charge on any atom is -0.389 e. The molecule has 5 heteroatoms. The number of hydrogen-bond donors (Lipinski definition) is 2. The highest BCUT2D eigenvalue weighted by atomic mass is 16.5. The van der Waals surface area contributed by atoms with Gasteiger partial charge in [0.2, 0.25) is 0 Å². The topological polar surface area (TPSA) is 54.0 Å². The first-order chi connectivity index (χ1) is 9.22. The van der Waals surface area contributed by atoms with Crippen LogP contribution >= 0.6 is 0 Å². The molecule has 2 unspecified atom stereocenters. The van der Waals surface area contributed by atoms with Crippen molar-refractivity contribution >= 4 is 0 Å². The largest absolute Gasteiger partial charge is 0.389 e. The first-order valence-electron chi connectivity index (χ1n) is 7.51. The molecule has 1 fully saturated rings. The third-order valence-corrected chi connectivity index (χ3v) is 3.32. The van der Waals surface area contributed by atoms with E-state index in [1.807, 2.05) is 6.92 Å². The van der Waals surface area contributed by atoms with Crippen molar-refractivity contribution in [2.24, 2.45) is 0 Å². The van der Waals surface area contributed by atoms with Crippen LogP contribution in [0.5, 0.6) is 0 Å². The predicted molar refractivity (Wildman–Crippen MR) is 76.5 cm³/mol. The summed E-state index contributed by atoms with van der Waals surface area (Å²) in [6.07, 6.45) is 2.20. The SMILES string of the molecule is CCOCCOCC(O)CNC(C)CN1CCCC1. The Hall–Kier alpha value is -0.200. The third kappa shape index (κ3) is 8.55. The second-order valence-corrected chi connectivity index (χ2v) is 5.24. The summed E-state index contributed by atoms with van der Waals surface area (Å²) >= 11 is 0. The fraction of sp³-hybridized carbons (Fsp3) is 1.00. The van der Waals surface area contributed by atoms with E-state index in [4.69, 9.17) is 9.47 Å². The van der Waals surface area contributed by atoms with E-state index in [1.54, 1.807) is 0 Å². The van der Waals surface area contributed by atoms with Gasteiger partial charge in [0, 0.05) is 25.7 Å². The lowest BCUT2D eigenvalue weighted by atomic mass is 10.3. The molecule has 0 aromatic heterocycles. The van der Waals surface area contributed by atoms with Gasteiger partial charge in [0.25, 0.3) is 0 Å². The molecule has 0 radical (unpaired) electrons. The van der Waals surface area contributed by atoms with Gasteiger partial charge in [-0.3, -0.25) is 0 Å². The molecule has 1 aliphatic heterocycles. The van der Waals surface area contributed by atoms with Crippen LogP contribution in [-0.2, 0) is 9.47 Å². The van der Waals surface area contributed by atoms with Gasteiger partial charge in [-0.2, -0.15) is 0 Å². The van der Waals surface area contributed by atoms with Gasteiger partial charge in [-0.05, 0) is 39.8 Å². The fourth-order valence-electron chi connectivity index (χ4n) is 2.29. The predicted octanol–water partition coefficient (Wildman–Crippen LogP) is 0.474. The van der Waals surface area contributed by atoms with Gasteiger partial charge in [0.05, 0.1) is 25.9 Å². The van der Waals surface area contributed by atoms with Crippen LogP contribution in [0.15, 0.2) is 0 Å². The van der Waals surface area contributed by atoms with Gasteiger partial charge in [0.1, 0.15) is 0 Å². The lowest BCUT2D eigenvalue weighted by molar-refractivity contribution is 0.00563. The van der Waals surface area contributed by atoms with Crippen LogP contribution < -0.4 is 5.32 Å². The normalized spacial score (nSPS) is 19.7. The number of nitrogens with one attached hydrogen (secondary N) is 1. The van der Waals surface area contributed by atoms with Crippen molar-refractivity contribution in [1.29, 1.82) is 0 Å². The molecule has 114 valence electrons. The van der Waals surface area contributed by atoms with Gasteiger partial charge in [0.15, 0.2) is 0 Å². The maximum atomic E-state index is 9.77. The number of aliphatic hydroxyl groups excluding tert-OH is 1. The summed E-state index contributed by atoms with van der Waals surface area (Å²) in [5.41, 5.74) is 0. The van der Waals surface area contributed by atoms with Crippen LogP contribution in [0.2, 0.25) is 0 Å². The highest BCUT2D eigenvalue weighted by Gasteiger charge is 2.15. The van der Waals surface area contributed by atoms with E-state index in [0.29, 0.717) is 39.0 Å². The minimum absolute atomic E-state index is 0.372. The fourth-order valence-corrected chi connectivity index (χ4v) is 2.29. The van der Waals surface area contributed by atoms with Gasteiger partial charge < -0.3 is 24.8 Å². The van der Waals surface area contributed by atoms with Crippen molar-refractivity contribution < 1.29 is 14.6 Å². The zero-order valence-corrected chi connectivity index (χ0v) is 12.4. The summed E-state index contributed by atoms with van der Waals surface area (Å²) in [5, 5.41) is 13.1. The standard InChI is InChI=1S/C14H30N2O3/c1-3-18-8-9-19-12-14(17)10-15-13(2)11-16-6-4-5-7-16/h13-15,17H,3-12H2,1-2H3. The lowest BCUT2D eigenvalue weighted by Gasteiger charge is -2.22. The minimum atomic E-state index is -0.442. The van der Waals surface area contributed by atoms with Crippen molar-refractivity contribution in [3.63, 3.8) is 0 Å². The Kier molecular flexibility index (Phi) is 9.38. The molecule has 0 bridgehead atoms. The lowest BCUT2D eigenvalue weighted by Crippen LogP contribution is -2.42. The molecule has 0 saturated carbocycles. The van der Waals surface area contributed by atoms with Crippen molar-refractivity contribution in [3.05, 3.63) is 0 Å². The summed E-state index contributed by atoms with van der Waals surface area (Å²) in [6, 6.07) is 0.413. The van der Waals surface area contributed by atoms with Crippen LogP contribution in [0.1, 0.15) is 26.7 Å². The first kappa shape index (κ1) is 16.9. The van der Waals surface area contributed by atoms with Gasteiger partial charge in [-0.25, -0.2) is 0 Å². The molecular weight excluding hydrogens is 244 g/mol. The van der Waals surface area contributed by atoms with Gasteiger partial charge in [-0.1, -0.05) is 0 Å². The smallest absolute Gasteiger partial charge is 0.0897 e. The van der Waals surface area contributed by atoms with Crippen molar-refractivity contribution in [2.45, 2.75) is 38.8 Å². The molecule has 0 spiro atoms. The quantitative estimate of drug-likeness (QED) is 0.537. The molecule has 19 heavy (non-hydrogen) atoms. The Balaban J connectivity index is 1.94. The van der Waals surface area contributed by atoms with Gasteiger partial charge >= 0.3 is 0 Å². The number of likely N-dealkylation sites (tertiary alicyclic amines) is 1. The zero-order chi connectivity index (χ0) is 13.9. The summed E-state index contributed by atoms with van der Waals surface area (Å²) in [4.78, 5) is 2.47. The number of hydrogen-bond acceptors (Lipinski definition) is 5. The third-order valence-electron chi connectivity index (χ3n) is 3.32. The van der Waals surface area contributed by atoms with Crippen LogP contribution in [0.25, 0.3) is 0 Å². The van der Waals surface area contributed by atoms with E-state index in [0.717, 1.165) is 6.54 Å². The maximum Gasteiger partial charge on any atom is 0.0897 e. The first-order valence-corrected chi connectivity index (χ1v) is 7.51. The van der Waals surface area contributed by atoms with Gasteiger partial charge in [-0.15, -0.1) is 0 Å². The van der Waals surface area contributed by atoms with E-state index in [9.17, 15) is 5.11 Å². The molecule has 0 aromatic carbocycles. The highest BCUT2D eigenvalue weighted by molar-refractivity contribution is 4.73. The number of rotatable bonds is 11. The molecule has 0 aromatic rings. The Morgan fingerprint density at radius 1 is 1.21 bits per heavy atom. The molecule has 1 rings (SSSR count). The highest BCUT2D eigenvalue weighted by Crippen LogP contribution is 2.07. The average Bonchev–Trinajstić information content (AvgIpc) is 2.89. The molecule has 0 aliphatic carbocycles. The number of ether oxygens (including phenoxy) is 2. The maximum absolute atomic E-state index is 9.77. The van der Waals surface area contributed by atoms with E-state index in [-0.39, 0.29) is 0 Å². The second kappa shape index (κ2) is 10.6. The molecule has 0 amide bonds. The molecule has 1 saturated heterocycles. The second-order valence-electron chi connectivity index (χ2n) is 5.24. The van der Waals surface area contributed by atoms with Crippen molar-refractivity contribution in [1.82, 2.24) is 10.2 Å². The number of aliphatic hydroxyl groups is 1. The summed E-state index contributed by atoms with van der Waals surface area (Å²) < 4.78 is 10.5. The van der Waals surface area contributed by atoms with E-state index in [1.165, 1.54) is 25.9 Å². The zero-order valence-electron chi connectivity index (χ0n) is 12.4. The van der Waals surface area contributed by atoms with E-state index in [2.05, 4.69) is 17.1 Å². The molecular formula is C14H30N2O3. The van der Waals surface area contributed by atoms with Crippen LogP contribution in [0, 0.1) is 0 Å². The Labute approximate surface area is 117 Å². The Morgan fingerprint density at radius 3 is 2.58 bits per heavy atom.